The van der Waals surface area contributed by atoms with Crippen molar-refractivity contribution in [1.82, 2.24) is 5.12 Å². The second-order valence-electron chi connectivity index (χ2n) is 2.80. The van der Waals surface area contributed by atoms with Gasteiger partial charge in [0.1, 0.15) is 0 Å². The predicted octanol–water partition coefficient (Wildman–Crippen LogP) is 2.25. The molecular weight excluding hydrogens is 152 g/mol. The Morgan fingerprint density at radius 1 is 1.58 bits per heavy atom. The molecule has 0 aromatic carbocycles. The number of nitrogens with zero attached hydrogens (tertiary/aromatic N) is 3. The molecule has 0 atom stereocenters. The van der Waals surface area contributed by atoms with Crippen molar-refractivity contribution in [3.63, 3.8) is 0 Å². The van der Waals surface area contributed by atoms with Crippen LogP contribution in [0.15, 0.2) is 22.1 Å². The molecule has 12 heavy (non-hydrogen) atoms. The zero-order chi connectivity index (χ0) is 9.56. The van der Waals surface area contributed by atoms with E-state index in [1.165, 1.54) is 5.12 Å². The van der Waals surface area contributed by atoms with Crippen LogP contribution in [0.2, 0.25) is 0 Å². The Bertz CT molecular complexity index is 172. The minimum Gasteiger partial charge on any atom is -0.230 e. The minimum atomic E-state index is 0.184. The summed E-state index contributed by atoms with van der Waals surface area (Å²) in [5, 5.41) is 9.15. The Labute approximate surface area is 74.1 Å². The normalized spacial score (nSPS) is 13.0. The smallest absolute Gasteiger partial charge is 0.0603 e. The van der Waals surface area contributed by atoms with Crippen molar-refractivity contribution in [1.29, 1.82) is 0 Å². The SMILES string of the molecule is C/C=C(CC)\N=N/N(N)C(C)C. The molecule has 0 saturated carbocycles. The fourth-order valence-corrected chi connectivity index (χ4v) is 0.545. The van der Waals surface area contributed by atoms with Crippen molar-refractivity contribution in [2.24, 2.45) is 16.2 Å². The van der Waals surface area contributed by atoms with E-state index in [1.54, 1.807) is 0 Å². The summed E-state index contributed by atoms with van der Waals surface area (Å²) in [7, 11) is 0. The first-order valence-electron chi connectivity index (χ1n) is 4.22. The number of hydrogen-bond acceptors (Lipinski definition) is 3. The van der Waals surface area contributed by atoms with Gasteiger partial charge < -0.3 is 0 Å². The predicted molar refractivity (Wildman–Crippen MR) is 50.1 cm³/mol. The second kappa shape index (κ2) is 5.71. The molecule has 0 aliphatic carbocycles. The van der Waals surface area contributed by atoms with Crippen LogP contribution in [0.1, 0.15) is 34.1 Å². The molecule has 0 aromatic rings. The van der Waals surface area contributed by atoms with Crippen LogP contribution in [0.25, 0.3) is 0 Å². The van der Waals surface area contributed by atoms with Gasteiger partial charge in [0.25, 0.3) is 0 Å². The Hall–Kier alpha value is -0.900. The number of rotatable bonds is 4. The number of allylic oxidation sites excluding steroid dienone is 2. The van der Waals surface area contributed by atoms with Crippen molar-refractivity contribution in [3.8, 4) is 0 Å². The maximum atomic E-state index is 5.52. The minimum absolute atomic E-state index is 0.184. The van der Waals surface area contributed by atoms with Crippen LogP contribution in [0.4, 0.5) is 0 Å². The zero-order valence-corrected chi connectivity index (χ0v) is 8.28. The first-order valence-corrected chi connectivity index (χ1v) is 4.22. The molecule has 0 radical (unpaired) electrons. The Morgan fingerprint density at radius 2 is 2.17 bits per heavy atom. The lowest BCUT2D eigenvalue weighted by Gasteiger charge is -2.14. The van der Waals surface area contributed by atoms with Gasteiger partial charge in [-0.05, 0) is 27.2 Å². The van der Waals surface area contributed by atoms with Crippen LogP contribution < -0.4 is 5.84 Å². The Kier molecular flexibility index (Phi) is 5.28. The van der Waals surface area contributed by atoms with Crippen molar-refractivity contribution in [2.45, 2.75) is 40.2 Å². The van der Waals surface area contributed by atoms with Crippen LogP contribution in [-0.2, 0) is 0 Å². The van der Waals surface area contributed by atoms with Crippen molar-refractivity contribution in [3.05, 3.63) is 11.8 Å². The highest BCUT2D eigenvalue weighted by atomic mass is 15.7. The van der Waals surface area contributed by atoms with E-state index in [2.05, 4.69) is 10.3 Å². The first kappa shape index (κ1) is 11.1. The summed E-state index contributed by atoms with van der Waals surface area (Å²) in [6, 6.07) is 0.184. The molecule has 0 amide bonds. The summed E-state index contributed by atoms with van der Waals surface area (Å²) in [4.78, 5) is 0. The molecule has 0 saturated heterocycles. The van der Waals surface area contributed by atoms with E-state index in [4.69, 9.17) is 5.84 Å². The monoisotopic (exact) mass is 170 g/mol. The lowest BCUT2D eigenvalue weighted by atomic mass is 10.3. The fraction of sp³-hybridized carbons (Fsp3) is 0.750. The quantitative estimate of drug-likeness (QED) is 0.399. The van der Waals surface area contributed by atoms with Crippen LogP contribution in [0.5, 0.6) is 0 Å². The molecule has 2 N–H and O–H groups in total. The van der Waals surface area contributed by atoms with Crippen LogP contribution in [0, 0.1) is 0 Å². The fourth-order valence-electron chi connectivity index (χ4n) is 0.545. The average molecular weight is 170 g/mol. The summed E-state index contributed by atoms with van der Waals surface area (Å²) >= 11 is 0. The summed E-state index contributed by atoms with van der Waals surface area (Å²) in [5.41, 5.74) is 0.950. The van der Waals surface area contributed by atoms with Gasteiger partial charge in [0.05, 0.1) is 11.7 Å². The Balaban J connectivity index is 4.05. The average Bonchev–Trinajstić information content (AvgIpc) is 2.05. The van der Waals surface area contributed by atoms with Gasteiger partial charge >= 0.3 is 0 Å². The van der Waals surface area contributed by atoms with E-state index in [1.807, 2.05) is 33.8 Å². The summed E-state index contributed by atoms with van der Waals surface area (Å²) in [5.74, 6) is 5.52. The highest BCUT2D eigenvalue weighted by Crippen LogP contribution is 2.03. The maximum Gasteiger partial charge on any atom is 0.0603 e. The molecule has 0 aromatic heterocycles. The van der Waals surface area contributed by atoms with Gasteiger partial charge in [-0.1, -0.05) is 18.2 Å². The third-order valence-corrected chi connectivity index (χ3v) is 1.50. The molecule has 0 bridgehead atoms. The van der Waals surface area contributed by atoms with E-state index in [-0.39, 0.29) is 6.04 Å². The van der Waals surface area contributed by atoms with Gasteiger partial charge in [-0.2, -0.15) is 0 Å². The van der Waals surface area contributed by atoms with Gasteiger partial charge in [-0.3, -0.25) is 0 Å². The number of hydrogen-bond donors (Lipinski definition) is 1. The van der Waals surface area contributed by atoms with E-state index in [9.17, 15) is 0 Å². The van der Waals surface area contributed by atoms with Crippen LogP contribution in [-0.4, -0.2) is 11.2 Å². The van der Waals surface area contributed by atoms with Crippen molar-refractivity contribution < 1.29 is 0 Å². The maximum absolute atomic E-state index is 5.52. The molecule has 0 aliphatic heterocycles. The highest BCUT2D eigenvalue weighted by molar-refractivity contribution is 4.94. The number of nitrogens with two attached hydrogens (primary N) is 1. The third-order valence-electron chi connectivity index (χ3n) is 1.50. The second-order valence-corrected chi connectivity index (χ2v) is 2.80. The molecule has 4 nitrogen and oxygen atoms in total. The first-order chi connectivity index (χ1) is 5.61. The van der Waals surface area contributed by atoms with E-state index >= 15 is 0 Å². The Morgan fingerprint density at radius 3 is 2.50 bits per heavy atom. The highest BCUT2D eigenvalue weighted by Gasteiger charge is 1.98. The van der Waals surface area contributed by atoms with Gasteiger partial charge in [-0.25, -0.2) is 11.0 Å². The summed E-state index contributed by atoms with van der Waals surface area (Å²) in [6.45, 7) is 7.89. The molecule has 0 rings (SSSR count). The molecule has 0 aliphatic rings. The van der Waals surface area contributed by atoms with Gasteiger partial charge in [-0.15, -0.1) is 5.11 Å². The van der Waals surface area contributed by atoms with E-state index in [0.717, 1.165) is 12.1 Å². The lowest BCUT2D eigenvalue weighted by Crippen LogP contribution is -2.31. The van der Waals surface area contributed by atoms with Crippen LogP contribution in [0.3, 0.4) is 0 Å². The third kappa shape index (κ3) is 4.08. The molecule has 0 fully saturated rings. The van der Waals surface area contributed by atoms with Crippen molar-refractivity contribution >= 4 is 0 Å². The van der Waals surface area contributed by atoms with Gasteiger partial charge in [0.15, 0.2) is 0 Å². The van der Waals surface area contributed by atoms with Crippen molar-refractivity contribution in [2.75, 3.05) is 0 Å². The number of hydrazine groups is 1. The van der Waals surface area contributed by atoms with E-state index in [0.29, 0.717) is 0 Å². The molecule has 70 valence electrons. The summed E-state index contributed by atoms with van der Waals surface area (Å²) in [6.07, 6.45) is 2.81. The standard InChI is InChI=1S/C8H18N4/c1-5-8(6-2)10-11-12(9)7(3)4/h5,7H,6,9H2,1-4H3/b8-5-,11-10-. The van der Waals surface area contributed by atoms with Gasteiger partial charge in [0, 0.05) is 0 Å². The molecule has 0 heterocycles. The van der Waals surface area contributed by atoms with Gasteiger partial charge in [0.2, 0.25) is 0 Å². The zero-order valence-electron chi connectivity index (χ0n) is 8.28. The molecular formula is C8H18N4. The molecule has 0 unspecified atom stereocenters. The molecule has 4 heteroatoms. The molecule has 0 spiro atoms. The largest absolute Gasteiger partial charge is 0.230 e. The van der Waals surface area contributed by atoms with Crippen LogP contribution >= 0.6 is 0 Å². The lowest BCUT2D eigenvalue weighted by molar-refractivity contribution is 0.221. The topological polar surface area (TPSA) is 54.0 Å². The van der Waals surface area contributed by atoms with E-state index < -0.39 is 0 Å². The summed E-state index contributed by atoms with van der Waals surface area (Å²) < 4.78 is 0.